The fourth-order valence-corrected chi connectivity index (χ4v) is 3.93. The van der Waals surface area contributed by atoms with E-state index < -0.39 is 0 Å². The molecule has 4 rings (SSSR count). The van der Waals surface area contributed by atoms with Crippen molar-refractivity contribution in [2.45, 2.75) is 6.54 Å². The first-order valence-electron chi connectivity index (χ1n) is 9.22. The summed E-state index contributed by atoms with van der Waals surface area (Å²) in [4.78, 5) is 15.8. The molecular formula is C21H21Cl2N2O3+. The van der Waals surface area contributed by atoms with Gasteiger partial charge in [-0.15, -0.1) is 0 Å². The van der Waals surface area contributed by atoms with E-state index >= 15 is 0 Å². The predicted molar refractivity (Wildman–Crippen MR) is 109 cm³/mol. The summed E-state index contributed by atoms with van der Waals surface area (Å²) in [5.41, 5.74) is 2.00. The van der Waals surface area contributed by atoms with Gasteiger partial charge in [-0.05, 0) is 42.0 Å². The molecule has 0 saturated carbocycles. The van der Waals surface area contributed by atoms with Gasteiger partial charge in [0, 0.05) is 21.7 Å². The molecule has 0 bridgehead atoms. The van der Waals surface area contributed by atoms with Gasteiger partial charge >= 0.3 is 0 Å². The van der Waals surface area contributed by atoms with Crippen LogP contribution in [0.15, 0.2) is 42.5 Å². The van der Waals surface area contributed by atoms with Gasteiger partial charge in [0.1, 0.15) is 6.54 Å². The molecule has 2 aliphatic rings. The monoisotopic (exact) mass is 419 g/mol. The summed E-state index contributed by atoms with van der Waals surface area (Å²) in [5, 5.41) is 1.12. The summed E-state index contributed by atoms with van der Waals surface area (Å²) >= 11 is 12.1. The van der Waals surface area contributed by atoms with Crippen LogP contribution in [0.1, 0.15) is 11.1 Å². The molecule has 28 heavy (non-hydrogen) atoms. The summed E-state index contributed by atoms with van der Waals surface area (Å²) in [6.45, 7) is 4.50. The van der Waals surface area contributed by atoms with Crippen LogP contribution < -0.4 is 14.4 Å². The van der Waals surface area contributed by atoms with Crippen molar-refractivity contribution in [2.75, 3.05) is 33.0 Å². The second kappa shape index (κ2) is 8.43. The minimum atomic E-state index is 0.00754. The minimum absolute atomic E-state index is 0.00754. The van der Waals surface area contributed by atoms with Gasteiger partial charge in [-0.3, -0.25) is 4.79 Å². The maximum absolute atomic E-state index is 12.5. The van der Waals surface area contributed by atoms with Crippen molar-refractivity contribution in [3.8, 4) is 11.5 Å². The van der Waals surface area contributed by atoms with Crippen molar-refractivity contribution in [1.82, 2.24) is 4.90 Å². The number of amides is 1. The molecule has 2 aromatic carbocycles. The van der Waals surface area contributed by atoms with Crippen molar-refractivity contribution in [3.63, 3.8) is 0 Å². The fourth-order valence-electron chi connectivity index (χ4n) is 3.46. The van der Waals surface area contributed by atoms with E-state index in [0.29, 0.717) is 16.8 Å². The lowest BCUT2D eigenvalue weighted by Crippen LogP contribution is -3.13. The van der Waals surface area contributed by atoms with Crippen molar-refractivity contribution in [3.05, 3.63) is 63.6 Å². The van der Waals surface area contributed by atoms with Crippen LogP contribution in [0.2, 0.25) is 10.0 Å². The highest BCUT2D eigenvalue weighted by atomic mass is 35.5. The smallest absolute Gasteiger partial charge is 0.246 e. The molecule has 2 aromatic rings. The molecule has 1 N–H and O–H groups in total. The van der Waals surface area contributed by atoms with E-state index in [-0.39, 0.29) is 5.91 Å². The van der Waals surface area contributed by atoms with Gasteiger partial charge < -0.3 is 19.3 Å². The molecule has 0 unspecified atom stereocenters. The molecular weight excluding hydrogens is 399 g/mol. The number of hydrogen-bond acceptors (Lipinski definition) is 3. The zero-order valence-electron chi connectivity index (χ0n) is 15.3. The van der Waals surface area contributed by atoms with E-state index in [2.05, 4.69) is 6.07 Å². The topological polar surface area (TPSA) is 43.2 Å². The maximum Gasteiger partial charge on any atom is 0.246 e. The van der Waals surface area contributed by atoms with Crippen molar-refractivity contribution in [1.29, 1.82) is 0 Å². The lowest BCUT2D eigenvalue weighted by molar-refractivity contribution is -0.917. The first-order chi connectivity index (χ1) is 13.6. The number of piperazine rings is 1. The van der Waals surface area contributed by atoms with Crippen LogP contribution in [0, 0.1) is 0 Å². The molecule has 0 atom stereocenters. The number of fused-ring (bicyclic) bond motifs is 1. The van der Waals surface area contributed by atoms with Crippen LogP contribution >= 0.6 is 23.2 Å². The lowest BCUT2D eigenvalue weighted by Gasteiger charge is -2.31. The van der Waals surface area contributed by atoms with Crippen LogP contribution in [0.5, 0.6) is 11.5 Å². The highest BCUT2D eigenvalue weighted by Crippen LogP contribution is 2.32. The molecule has 146 valence electrons. The molecule has 1 amide bonds. The summed E-state index contributed by atoms with van der Waals surface area (Å²) < 4.78 is 10.8. The molecule has 7 heteroatoms. The summed E-state index contributed by atoms with van der Waals surface area (Å²) in [5.74, 6) is 1.63. The van der Waals surface area contributed by atoms with E-state index in [9.17, 15) is 4.79 Å². The van der Waals surface area contributed by atoms with Crippen molar-refractivity contribution in [2.24, 2.45) is 0 Å². The number of nitrogens with zero attached hydrogens (tertiary/aromatic N) is 1. The Morgan fingerprint density at radius 2 is 1.86 bits per heavy atom. The fraction of sp³-hybridized carbons (Fsp3) is 0.286. The van der Waals surface area contributed by atoms with Crippen LogP contribution in [0.4, 0.5) is 0 Å². The molecule has 0 radical (unpaired) electrons. The van der Waals surface area contributed by atoms with Crippen LogP contribution in [0.3, 0.4) is 0 Å². The van der Waals surface area contributed by atoms with Gasteiger partial charge in [0.2, 0.25) is 12.7 Å². The van der Waals surface area contributed by atoms with E-state index in [1.807, 2.05) is 23.1 Å². The predicted octanol–water partition coefficient (Wildman–Crippen LogP) is 2.66. The lowest BCUT2D eigenvalue weighted by atomic mass is 10.1. The van der Waals surface area contributed by atoms with Gasteiger partial charge in [-0.2, -0.15) is 0 Å². The number of ether oxygens (including phenoxy) is 2. The highest BCUT2D eigenvalue weighted by molar-refractivity contribution is 6.35. The molecule has 1 fully saturated rings. The number of benzene rings is 2. The minimum Gasteiger partial charge on any atom is -0.454 e. The third kappa shape index (κ3) is 4.43. The van der Waals surface area contributed by atoms with Gasteiger partial charge in [0.15, 0.2) is 11.5 Å². The van der Waals surface area contributed by atoms with Crippen LogP contribution in [-0.4, -0.2) is 43.8 Å². The molecule has 2 aliphatic heterocycles. The van der Waals surface area contributed by atoms with Crippen LogP contribution in [0.25, 0.3) is 6.08 Å². The van der Waals surface area contributed by atoms with E-state index in [1.54, 1.807) is 24.3 Å². The van der Waals surface area contributed by atoms with Gasteiger partial charge in [0.05, 0.1) is 26.2 Å². The number of nitrogens with one attached hydrogen (secondary N) is 1. The number of quaternary nitrogens is 1. The zero-order valence-corrected chi connectivity index (χ0v) is 16.8. The SMILES string of the molecule is O=C(/C=C/c1ccc(Cl)cc1Cl)N1CC[NH+](Cc2ccc3c(c2)OCO3)CC1. The first-order valence-corrected chi connectivity index (χ1v) is 9.98. The van der Waals surface area contributed by atoms with E-state index in [0.717, 1.165) is 49.8 Å². The average Bonchev–Trinajstić information content (AvgIpc) is 3.15. The largest absolute Gasteiger partial charge is 0.454 e. The Labute approximate surface area is 174 Å². The molecule has 5 nitrogen and oxygen atoms in total. The van der Waals surface area contributed by atoms with Crippen LogP contribution in [-0.2, 0) is 11.3 Å². The standard InChI is InChI=1S/C21H20Cl2N2O3/c22-17-4-2-16(18(23)12-17)3-6-21(26)25-9-7-24(8-10-25)13-15-1-5-19-20(11-15)28-14-27-19/h1-6,11-12H,7-10,13-14H2/p+1/b6-3+. The second-order valence-corrected chi connectivity index (χ2v) is 7.78. The molecule has 0 aromatic heterocycles. The molecule has 0 aliphatic carbocycles. The maximum atomic E-state index is 12.5. The van der Waals surface area contributed by atoms with Crippen molar-refractivity contribution < 1.29 is 19.2 Å². The van der Waals surface area contributed by atoms with Gasteiger partial charge in [-0.25, -0.2) is 0 Å². The Morgan fingerprint density at radius 1 is 1.07 bits per heavy atom. The third-order valence-electron chi connectivity index (χ3n) is 5.04. The molecule has 0 spiro atoms. The van der Waals surface area contributed by atoms with Crippen molar-refractivity contribution >= 4 is 35.2 Å². The number of carbonyl (C=O) groups excluding carboxylic acids is 1. The quantitative estimate of drug-likeness (QED) is 0.774. The molecule has 2 heterocycles. The Balaban J connectivity index is 1.30. The van der Waals surface area contributed by atoms with E-state index in [1.165, 1.54) is 10.5 Å². The summed E-state index contributed by atoms with van der Waals surface area (Å²) in [6.07, 6.45) is 3.32. The average molecular weight is 420 g/mol. The summed E-state index contributed by atoms with van der Waals surface area (Å²) in [6, 6.07) is 11.3. The number of rotatable bonds is 4. The Hall–Kier alpha value is -2.21. The highest BCUT2D eigenvalue weighted by Gasteiger charge is 2.23. The van der Waals surface area contributed by atoms with E-state index in [4.69, 9.17) is 32.7 Å². The zero-order chi connectivity index (χ0) is 19.5. The molecule has 1 saturated heterocycles. The van der Waals surface area contributed by atoms with Gasteiger partial charge in [0.25, 0.3) is 0 Å². The van der Waals surface area contributed by atoms with Gasteiger partial charge in [-0.1, -0.05) is 29.3 Å². The Morgan fingerprint density at radius 3 is 2.64 bits per heavy atom. The second-order valence-electron chi connectivity index (χ2n) is 6.94. The number of halogens is 2. The third-order valence-corrected chi connectivity index (χ3v) is 5.60. The Bertz CT molecular complexity index is 909. The Kier molecular flexibility index (Phi) is 5.76. The summed E-state index contributed by atoms with van der Waals surface area (Å²) in [7, 11) is 0. The first kappa shape index (κ1) is 19.1. The number of hydrogen-bond donors (Lipinski definition) is 1. The number of carbonyl (C=O) groups is 1. The normalized spacial score (nSPS) is 16.7.